The third-order valence-corrected chi connectivity index (χ3v) is 5.01. The van der Waals surface area contributed by atoms with Gasteiger partial charge in [-0.25, -0.2) is 4.79 Å². The molecule has 2 atom stereocenters. The standard InChI is InChI=1S/C21H26N2O2/c1-16-14-23(15-18-5-3-2-4-6-18)12-11-20(16)22-13-17-7-9-19(10-8-17)21(24)25/h2-10,16,20,22H,11-15H2,1H3,(H,24,25). The van der Waals surface area contributed by atoms with E-state index in [1.54, 1.807) is 12.1 Å². The average molecular weight is 338 g/mol. The van der Waals surface area contributed by atoms with Crippen LogP contribution in [0.2, 0.25) is 0 Å². The van der Waals surface area contributed by atoms with Crippen LogP contribution in [-0.2, 0) is 13.1 Å². The molecule has 1 heterocycles. The van der Waals surface area contributed by atoms with E-state index in [2.05, 4.69) is 47.5 Å². The Kier molecular flexibility index (Phi) is 5.84. The molecule has 0 spiro atoms. The maximum Gasteiger partial charge on any atom is 0.335 e. The molecule has 0 aromatic heterocycles. The van der Waals surface area contributed by atoms with Gasteiger partial charge in [-0.15, -0.1) is 0 Å². The molecule has 1 aliphatic rings. The van der Waals surface area contributed by atoms with Crippen molar-refractivity contribution in [1.29, 1.82) is 0 Å². The number of rotatable bonds is 6. The van der Waals surface area contributed by atoms with E-state index in [9.17, 15) is 4.79 Å². The number of nitrogens with zero attached hydrogens (tertiary/aromatic N) is 1. The number of benzene rings is 2. The molecule has 1 fully saturated rings. The molecule has 4 nitrogen and oxygen atoms in total. The van der Waals surface area contributed by atoms with Crippen LogP contribution in [0, 0.1) is 5.92 Å². The van der Waals surface area contributed by atoms with Crippen molar-refractivity contribution in [1.82, 2.24) is 10.2 Å². The molecule has 1 saturated heterocycles. The van der Waals surface area contributed by atoms with E-state index in [0.717, 1.165) is 38.2 Å². The summed E-state index contributed by atoms with van der Waals surface area (Å²) in [5.41, 5.74) is 2.84. The van der Waals surface area contributed by atoms with Gasteiger partial charge in [-0.05, 0) is 42.1 Å². The van der Waals surface area contributed by atoms with Gasteiger partial charge in [0.1, 0.15) is 0 Å². The fourth-order valence-corrected chi connectivity index (χ4v) is 3.53. The monoisotopic (exact) mass is 338 g/mol. The molecule has 0 amide bonds. The van der Waals surface area contributed by atoms with Crippen molar-refractivity contribution in [3.8, 4) is 0 Å². The van der Waals surface area contributed by atoms with Crippen molar-refractivity contribution in [3.63, 3.8) is 0 Å². The Morgan fingerprint density at radius 2 is 1.84 bits per heavy atom. The Labute approximate surface area is 149 Å². The molecule has 0 bridgehead atoms. The summed E-state index contributed by atoms with van der Waals surface area (Å²) in [6.45, 7) is 6.32. The molecular formula is C21H26N2O2. The van der Waals surface area contributed by atoms with Gasteiger partial charge in [0, 0.05) is 25.7 Å². The maximum absolute atomic E-state index is 10.9. The van der Waals surface area contributed by atoms with Gasteiger partial charge >= 0.3 is 5.97 Å². The Morgan fingerprint density at radius 3 is 2.48 bits per heavy atom. The third-order valence-electron chi connectivity index (χ3n) is 5.01. The van der Waals surface area contributed by atoms with E-state index in [1.165, 1.54) is 5.56 Å². The molecule has 4 heteroatoms. The first kappa shape index (κ1) is 17.6. The Balaban J connectivity index is 1.47. The molecule has 25 heavy (non-hydrogen) atoms. The van der Waals surface area contributed by atoms with Crippen LogP contribution < -0.4 is 5.32 Å². The van der Waals surface area contributed by atoms with Crippen LogP contribution >= 0.6 is 0 Å². The highest BCUT2D eigenvalue weighted by molar-refractivity contribution is 5.87. The van der Waals surface area contributed by atoms with Crippen molar-refractivity contribution in [2.75, 3.05) is 13.1 Å². The fraction of sp³-hybridized carbons (Fsp3) is 0.381. The quantitative estimate of drug-likeness (QED) is 0.848. The van der Waals surface area contributed by atoms with E-state index >= 15 is 0 Å². The summed E-state index contributed by atoms with van der Waals surface area (Å²) < 4.78 is 0. The summed E-state index contributed by atoms with van der Waals surface area (Å²) >= 11 is 0. The highest BCUT2D eigenvalue weighted by Gasteiger charge is 2.25. The molecule has 0 aliphatic carbocycles. The average Bonchev–Trinajstić information content (AvgIpc) is 2.62. The Morgan fingerprint density at radius 1 is 1.12 bits per heavy atom. The van der Waals surface area contributed by atoms with Gasteiger partial charge in [0.25, 0.3) is 0 Å². The molecule has 2 aromatic rings. The highest BCUT2D eigenvalue weighted by Crippen LogP contribution is 2.19. The van der Waals surface area contributed by atoms with Crippen LogP contribution in [0.25, 0.3) is 0 Å². The van der Waals surface area contributed by atoms with Crippen LogP contribution in [0.15, 0.2) is 54.6 Å². The van der Waals surface area contributed by atoms with E-state index in [4.69, 9.17) is 5.11 Å². The molecule has 0 saturated carbocycles. The summed E-state index contributed by atoms with van der Waals surface area (Å²) in [4.78, 5) is 13.4. The lowest BCUT2D eigenvalue weighted by atomic mass is 9.93. The predicted molar refractivity (Wildman–Crippen MR) is 99.5 cm³/mol. The number of hydrogen-bond acceptors (Lipinski definition) is 3. The number of carbonyl (C=O) groups is 1. The minimum Gasteiger partial charge on any atom is -0.478 e. The normalized spacial score (nSPS) is 21.2. The summed E-state index contributed by atoms with van der Waals surface area (Å²) in [6.07, 6.45) is 1.14. The van der Waals surface area contributed by atoms with E-state index in [-0.39, 0.29) is 0 Å². The molecule has 3 rings (SSSR count). The first-order chi connectivity index (χ1) is 12.1. The van der Waals surface area contributed by atoms with Crippen LogP contribution in [0.3, 0.4) is 0 Å². The predicted octanol–water partition coefficient (Wildman–Crippen LogP) is 3.39. The largest absolute Gasteiger partial charge is 0.478 e. The van der Waals surface area contributed by atoms with Gasteiger partial charge in [-0.3, -0.25) is 4.90 Å². The number of carboxylic acid groups (broad SMARTS) is 1. The van der Waals surface area contributed by atoms with Gasteiger partial charge < -0.3 is 10.4 Å². The van der Waals surface area contributed by atoms with Gasteiger partial charge in [0.15, 0.2) is 0 Å². The molecule has 2 N–H and O–H groups in total. The fourth-order valence-electron chi connectivity index (χ4n) is 3.53. The number of piperidine rings is 1. The number of aromatic carboxylic acids is 1. The number of nitrogens with one attached hydrogen (secondary N) is 1. The maximum atomic E-state index is 10.9. The molecule has 0 radical (unpaired) electrons. The van der Waals surface area contributed by atoms with Crippen LogP contribution in [-0.4, -0.2) is 35.1 Å². The number of likely N-dealkylation sites (tertiary alicyclic amines) is 1. The zero-order valence-electron chi connectivity index (χ0n) is 14.7. The van der Waals surface area contributed by atoms with Gasteiger partial charge in [0.2, 0.25) is 0 Å². The van der Waals surface area contributed by atoms with Crippen molar-refractivity contribution in [3.05, 3.63) is 71.3 Å². The van der Waals surface area contributed by atoms with Crippen molar-refractivity contribution in [2.24, 2.45) is 5.92 Å². The van der Waals surface area contributed by atoms with E-state index < -0.39 is 5.97 Å². The molecule has 2 aromatic carbocycles. The number of carboxylic acids is 1. The van der Waals surface area contributed by atoms with Crippen molar-refractivity contribution in [2.45, 2.75) is 32.5 Å². The summed E-state index contributed by atoms with van der Waals surface area (Å²) in [5.74, 6) is -0.283. The minimum atomic E-state index is -0.876. The summed E-state index contributed by atoms with van der Waals surface area (Å²) in [5, 5.41) is 12.6. The minimum absolute atomic E-state index is 0.339. The van der Waals surface area contributed by atoms with Gasteiger partial charge in [-0.2, -0.15) is 0 Å². The highest BCUT2D eigenvalue weighted by atomic mass is 16.4. The van der Waals surface area contributed by atoms with Crippen LogP contribution in [0.5, 0.6) is 0 Å². The lowest BCUT2D eigenvalue weighted by Gasteiger charge is -2.37. The van der Waals surface area contributed by atoms with E-state index in [0.29, 0.717) is 17.5 Å². The Hall–Kier alpha value is -2.17. The second kappa shape index (κ2) is 8.28. The number of hydrogen-bond donors (Lipinski definition) is 2. The summed E-state index contributed by atoms with van der Waals surface area (Å²) in [6, 6.07) is 18.3. The second-order valence-electron chi connectivity index (χ2n) is 6.98. The molecule has 2 unspecified atom stereocenters. The lowest BCUT2D eigenvalue weighted by Crippen LogP contribution is -2.47. The summed E-state index contributed by atoms with van der Waals surface area (Å²) in [7, 11) is 0. The molecule has 132 valence electrons. The lowest BCUT2D eigenvalue weighted by molar-refractivity contribution is 0.0697. The van der Waals surface area contributed by atoms with Gasteiger partial charge in [-0.1, -0.05) is 49.4 Å². The van der Waals surface area contributed by atoms with Crippen molar-refractivity contribution >= 4 is 5.97 Å². The van der Waals surface area contributed by atoms with Crippen LogP contribution in [0.1, 0.15) is 34.8 Å². The molecular weight excluding hydrogens is 312 g/mol. The SMILES string of the molecule is CC1CN(Cc2ccccc2)CCC1NCc1ccc(C(=O)O)cc1. The smallest absolute Gasteiger partial charge is 0.335 e. The second-order valence-corrected chi connectivity index (χ2v) is 6.98. The topological polar surface area (TPSA) is 52.6 Å². The van der Waals surface area contributed by atoms with E-state index in [1.807, 2.05) is 12.1 Å². The van der Waals surface area contributed by atoms with Gasteiger partial charge in [0.05, 0.1) is 5.56 Å². The first-order valence-electron chi connectivity index (χ1n) is 8.93. The zero-order chi connectivity index (χ0) is 17.6. The molecule has 1 aliphatic heterocycles. The Bertz CT molecular complexity index is 685. The third kappa shape index (κ3) is 4.91. The van der Waals surface area contributed by atoms with Crippen molar-refractivity contribution < 1.29 is 9.90 Å². The zero-order valence-corrected chi connectivity index (χ0v) is 14.7. The van der Waals surface area contributed by atoms with Crippen LogP contribution in [0.4, 0.5) is 0 Å². The first-order valence-corrected chi connectivity index (χ1v) is 8.93.